The van der Waals surface area contributed by atoms with Gasteiger partial charge in [-0.2, -0.15) is 4.68 Å². The number of ether oxygens (including phenoxy) is 1. The van der Waals surface area contributed by atoms with Crippen molar-refractivity contribution in [3.8, 4) is 10.9 Å². The van der Waals surface area contributed by atoms with Gasteiger partial charge in [-0.3, -0.25) is 0 Å². The lowest BCUT2D eigenvalue weighted by molar-refractivity contribution is 0.0689. The van der Waals surface area contributed by atoms with Crippen molar-refractivity contribution in [1.82, 2.24) is 20.0 Å². The molecule has 0 unspecified atom stereocenters. The molecule has 2 aromatic heterocycles. The highest BCUT2D eigenvalue weighted by atomic mass is 32.1. The molecule has 1 aromatic carbocycles. The van der Waals surface area contributed by atoms with E-state index in [1.165, 1.54) is 16.0 Å². The number of thiazole rings is 1. The molecule has 3 rings (SSSR count). The van der Waals surface area contributed by atoms with Gasteiger partial charge in [-0.15, -0.1) is 16.4 Å². The fourth-order valence-electron chi connectivity index (χ4n) is 1.95. The van der Waals surface area contributed by atoms with E-state index in [1.807, 2.05) is 30.3 Å². The number of carbonyl (C=O) groups is 1. The van der Waals surface area contributed by atoms with E-state index in [0.717, 1.165) is 5.75 Å². The Labute approximate surface area is 129 Å². The van der Waals surface area contributed by atoms with Crippen LogP contribution in [0.5, 0.6) is 5.75 Å². The van der Waals surface area contributed by atoms with E-state index in [1.54, 1.807) is 11.6 Å². The smallest absolute Gasteiger partial charge is 0.358 e. The molecular weight excluding hydrogens is 304 g/mol. The Hall–Kier alpha value is -2.74. The lowest BCUT2D eigenvalue weighted by Crippen LogP contribution is -2.11. The summed E-state index contributed by atoms with van der Waals surface area (Å²) < 4.78 is 7.05. The van der Waals surface area contributed by atoms with Crippen molar-refractivity contribution in [3.63, 3.8) is 0 Å². The molecule has 112 valence electrons. The molecule has 7 nitrogen and oxygen atoms in total. The molecule has 0 saturated heterocycles. The van der Waals surface area contributed by atoms with Gasteiger partial charge in [0.15, 0.2) is 5.69 Å². The van der Waals surface area contributed by atoms with Gasteiger partial charge in [0.25, 0.3) is 0 Å². The first-order valence-electron chi connectivity index (χ1n) is 6.51. The number of carboxylic acids is 1. The van der Waals surface area contributed by atoms with Crippen LogP contribution in [-0.4, -0.2) is 37.7 Å². The Morgan fingerprint density at radius 1 is 1.32 bits per heavy atom. The summed E-state index contributed by atoms with van der Waals surface area (Å²) in [7, 11) is 0. The van der Waals surface area contributed by atoms with Gasteiger partial charge in [0.2, 0.25) is 5.13 Å². The Bertz CT molecular complexity index is 756. The first kappa shape index (κ1) is 14.2. The van der Waals surface area contributed by atoms with Crippen LogP contribution in [-0.2, 0) is 6.42 Å². The van der Waals surface area contributed by atoms with Gasteiger partial charge in [0.05, 0.1) is 12.3 Å². The molecule has 0 atom stereocenters. The number of hydrogen-bond donors (Lipinski definition) is 1. The standard InChI is InChI=1S/C14H12N4O3S/c19-13(20)12-11(6-8-21-10-4-2-1-3-5-10)18(17-16-12)14-15-7-9-22-14/h1-5,7,9H,6,8H2,(H,19,20). The molecule has 3 aromatic rings. The second-order valence-electron chi connectivity index (χ2n) is 4.33. The maximum Gasteiger partial charge on any atom is 0.358 e. The fraction of sp³-hybridized carbons (Fsp3) is 0.143. The quantitative estimate of drug-likeness (QED) is 0.748. The van der Waals surface area contributed by atoms with Crippen molar-refractivity contribution in [1.29, 1.82) is 0 Å². The first-order valence-corrected chi connectivity index (χ1v) is 7.39. The van der Waals surface area contributed by atoms with Gasteiger partial charge in [-0.25, -0.2) is 9.78 Å². The molecule has 0 fully saturated rings. The van der Waals surface area contributed by atoms with Crippen LogP contribution in [0.25, 0.3) is 5.13 Å². The summed E-state index contributed by atoms with van der Waals surface area (Å²) in [5, 5.41) is 19.2. The van der Waals surface area contributed by atoms with E-state index in [9.17, 15) is 9.90 Å². The Morgan fingerprint density at radius 2 is 2.14 bits per heavy atom. The SMILES string of the molecule is O=C(O)c1nnn(-c2nccs2)c1CCOc1ccccc1. The maximum absolute atomic E-state index is 11.3. The number of para-hydroxylation sites is 1. The van der Waals surface area contributed by atoms with E-state index < -0.39 is 5.97 Å². The zero-order valence-corrected chi connectivity index (χ0v) is 12.2. The van der Waals surface area contributed by atoms with Crippen LogP contribution < -0.4 is 4.74 Å². The maximum atomic E-state index is 11.3. The minimum atomic E-state index is -1.11. The summed E-state index contributed by atoms with van der Waals surface area (Å²) in [4.78, 5) is 15.4. The fourth-order valence-corrected chi connectivity index (χ4v) is 2.56. The van der Waals surface area contributed by atoms with Gasteiger partial charge in [-0.05, 0) is 12.1 Å². The molecule has 0 radical (unpaired) electrons. The van der Waals surface area contributed by atoms with E-state index in [-0.39, 0.29) is 5.69 Å². The van der Waals surface area contributed by atoms with Crippen LogP contribution in [0.1, 0.15) is 16.2 Å². The number of carboxylic acid groups (broad SMARTS) is 1. The van der Waals surface area contributed by atoms with Crippen LogP contribution in [0, 0.1) is 0 Å². The monoisotopic (exact) mass is 316 g/mol. The van der Waals surface area contributed by atoms with Gasteiger partial charge < -0.3 is 9.84 Å². The summed E-state index contributed by atoms with van der Waals surface area (Å²) in [5.41, 5.74) is 0.394. The Morgan fingerprint density at radius 3 is 2.82 bits per heavy atom. The molecule has 22 heavy (non-hydrogen) atoms. The second kappa shape index (κ2) is 6.35. The molecule has 1 N–H and O–H groups in total. The molecule has 2 heterocycles. The van der Waals surface area contributed by atoms with Crippen LogP contribution in [0.4, 0.5) is 0 Å². The van der Waals surface area contributed by atoms with Gasteiger partial charge in [0.1, 0.15) is 5.75 Å². The summed E-state index contributed by atoms with van der Waals surface area (Å²) >= 11 is 1.36. The highest BCUT2D eigenvalue weighted by Crippen LogP contribution is 2.17. The zero-order chi connectivity index (χ0) is 15.4. The molecule has 0 aliphatic carbocycles. The third-order valence-corrected chi connectivity index (χ3v) is 3.66. The molecule has 0 aliphatic rings. The highest BCUT2D eigenvalue weighted by molar-refractivity contribution is 7.12. The number of rotatable bonds is 6. The second-order valence-corrected chi connectivity index (χ2v) is 5.20. The van der Waals surface area contributed by atoms with E-state index in [0.29, 0.717) is 23.9 Å². The minimum absolute atomic E-state index is 0.0770. The lowest BCUT2D eigenvalue weighted by atomic mass is 10.2. The van der Waals surface area contributed by atoms with Crippen molar-refractivity contribution < 1.29 is 14.6 Å². The molecule has 0 saturated carbocycles. The predicted octanol–water partition coefficient (Wildman–Crippen LogP) is 2.04. The Balaban J connectivity index is 1.79. The summed E-state index contributed by atoms with van der Waals surface area (Å²) in [5.74, 6) is -0.384. The first-order chi connectivity index (χ1) is 10.8. The zero-order valence-electron chi connectivity index (χ0n) is 11.4. The van der Waals surface area contributed by atoms with E-state index in [4.69, 9.17) is 4.74 Å². The van der Waals surface area contributed by atoms with Gasteiger partial charge in [0, 0.05) is 18.0 Å². The van der Waals surface area contributed by atoms with Crippen LogP contribution in [0.2, 0.25) is 0 Å². The minimum Gasteiger partial charge on any atom is -0.493 e. The normalized spacial score (nSPS) is 10.5. The molecule has 0 amide bonds. The average Bonchev–Trinajstić information content (AvgIpc) is 3.17. The van der Waals surface area contributed by atoms with E-state index >= 15 is 0 Å². The molecule has 8 heteroatoms. The van der Waals surface area contributed by atoms with Crippen LogP contribution >= 0.6 is 11.3 Å². The number of hydrogen-bond acceptors (Lipinski definition) is 6. The third kappa shape index (κ3) is 2.96. The number of nitrogens with zero attached hydrogens (tertiary/aromatic N) is 4. The Kier molecular flexibility index (Phi) is 4.10. The topological polar surface area (TPSA) is 90.1 Å². The van der Waals surface area contributed by atoms with Crippen molar-refractivity contribution in [3.05, 3.63) is 53.3 Å². The number of benzene rings is 1. The number of aromatic nitrogens is 4. The predicted molar refractivity (Wildman–Crippen MR) is 79.6 cm³/mol. The van der Waals surface area contributed by atoms with Gasteiger partial charge in [-0.1, -0.05) is 23.4 Å². The van der Waals surface area contributed by atoms with E-state index in [2.05, 4.69) is 15.3 Å². The van der Waals surface area contributed by atoms with Gasteiger partial charge >= 0.3 is 5.97 Å². The molecule has 0 aliphatic heterocycles. The molecular formula is C14H12N4O3S. The van der Waals surface area contributed by atoms with Crippen molar-refractivity contribution in [2.24, 2.45) is 0 Å². The summed E-state index contributed by atoms with van der Waals surface area (Å²) in [6.45, 7) is 0.322. The van der Waals surface area contributed by atoms with Crippen molar-refractivity contribution in [2.45, 2.75) is 6.42 Å². The average molecular weight is 316 g/mol. The van der Waals surface area contributed by atoms with Crippen LogP contribution in [0.3, 0.4) is 0 Å². The van der Waals surface area contributed by atoms with Crippen molar-refractivity contribution >= 4 is 17.3 Å². The molecule has 0 spiro atoms. The largest absolute Gasteiger partial charge is 0.493 e. The van der Waals surface area contributed by atoms with Crippen molar-refractivity contribution in [2.75, 3.05) is 6.61 Å². The summed E-state index contributed by atoms with van der Waals surface area (Å²) in [6.07, 6.45) is 2.00. The van der Waals surface area contributed by atoms with Crippen LogP contribution in [0.15, 0.2) is 41.9 Å². The lowest BCUT2D eigenvalue weighted by Gasteiger charge is -2.07. The third-order valence-electron chi connectivity index (χ3n) is 2.92. The molecule has 0 bridgehead atoms. The highest BCUT2D eigenvalue weighted by Gasteiger charge is 2.20. The summed E-state index contributed by atoms with van der Waals surface area (Å²) in [6, 6.07) is 9.33. The number of aromatic carboxylic acids is 1.